The van der Waals surface area contributed by atoms with Crippen LogP contribution in [0.25, 0.3) is 0 Å². The molecule has 1 aromatic rings. The second-order valence-electron chi connectivity index (χ2n) is 5.99. The Balaban J connectivity index is 1.83. The van der Waals surface area contributed by atoms with E-state index in [0.717, 1.165) is 24.9 Å². The van der Waals surface area contributed by atoms with Crippen LogP contribution in [0.2, 0.25) is 0 Å². The van der Waals surface area contributed by atoms with Crippen LogP contribution < -0.4 is 4.74 Å². The van der Waals surface area contributed by atoms with Gasteiger partial charge in [-0.2, -0.15) is 0 Å². The largest absolute Gasteiger partial charge is 0.508 e. The summed E-state index contributed by atoms with van der Waals surface area (Å²) in [4.78, 5) is 13.6. The van der Waals surface area contributed by atoms with Gasteiger partial charge in [0.1, 0.15) is 18.1 Å². The van der Waals surface area contributed by atoms with Gasteiger partial charge in [0.2, 0.25) is 0 Å². The molecule has 0 saturated carbocycles. The van der Waals surface area contributed by atoms with Gasteiger partial charge in [-0.25, -0.2) is 0 Å². The second-order valence-corrected chi connectivity index (χ2v) is 5.99. The summed E-state index contributed by atoms with van der Waals surface area (Å²) < 4.78 is 5.62. The number of aliphatic carboxylic acids is 1. The van der Waals surface area contributed by atoms with Crippen LogP contribution >= 0.6 is 0 Å². The van der Waals surface area contributed by atoms with Crippen molar-refractivity contribution < 1.29 is 19.7 Å². The number of nitrogens with zero attached hydrogens (tertiary/aromatic N) is 1. The molecule has 0 radical (unpaired) electrons. The summed E-state index contributed by atoms with van der Waals surface area (Å²) in [5, 5.41) is 18.9. The van der Waals surface area contributed by atoms with Crippen LogP contribution in [-0.2, 0) is 4.79 Å². The lowest BCUT2D eigenvalue weighted by Gasteiger charge is -2.40. The fourth-order valence-electron chi connectivity index (χ4n) is 3.20. The lowest BCUT2D eigenvalue weighted by Crippen LogP contribution is -2.47. The summed E-state index contributed by atoms with van der Waals surface area (Å²) in [7, 11) is 0. The molecule has 0 aliphatic carbocycles. The molecule has 108 valence electrons. The third kappa shape index (κ3) is 2.12. The lowest BCUT2D eigenvalue weighted by atomic mass is 9.81. The maximum Gasteiger partial charge on any atom is 0.310 e. The first-order valence-corrected chi connectivity index (χ1v) is 6.93. The number of carbonyl (C=O) groups is 1. The summed E-state index contributed by atoms with van der Waals surface area (Å²) in [5.74, 6) is 0.170. The average Bonchev–Trinajstić information content (AvgIpc) is 2.81. The van der Waals surface area contributed by atoms with Crippen LogP contribution in [0.15, 0.2) is 18.2 Å². The molecule has 0 spiro atoms. The van der Waals surface area contributed by atoms with Gasteiger partial charge in [0.05, 0.1) is 11.5 Å². The van der Waals surface area contributed by atoms with E-state index >= 15 is 0 Å². The Morgan fingerprint density at radius 1 is 1.50 bits per heavy atom. The Kier molecular flexibility index (Phi) is 3.09. The monoisotopic (exact) mass is 277 g/mol. The summed E-state index contributed by atoms with van der Waals surface area (Å²) in [6.07, 6.45) is 1.60. The maximum absolute atomic E-state index is 11.4. The van der Waals surface area contributed by atoms with Gasteiger partial charge in [-0.05, 0) is 38.4 Å². The molecule has 0 amide bonds. The fraction of sp³-hybridized carbons (Fsp3) is 0.533. The molecule has 5 nitrogen and oxygen atoms in total. The van der Waals surface area contributed by atoms with E-state index in [2.05, 4.69) is 4.90 Å². The number of phenols is 1. The molecule has 2 heterocycles. The Labute approximate surface area is 117 Å². The molecule has 5 heteroatoms. The molecule has 2 N–H and O–H groups in total. The van der Waals surface area contributed by atoms with Gasteiger partial charge < -0.3 is 14.9 Å². The van der Waals surface area contributed by atoms with Gasteiger partial charge in [0.25, 0.3) is 0 Å². The van der Waals surface area contributed by atoms with Crippen LogP contribution in [0.4, 0.5) is 0 Å². The summed E-state index contributed by atoms with van der Waals surface area (Å²) in [6, 6.07) is 5.23. The van der Waals surface area contributed by atoms with Gasteiger partial charge in [0.15, 0.2) is 0 Å². The van der Waals surface area contributed by atoms with E-state index in [-0.39, 0.29) is 11.8 Å². The third-order valence-corrected chi connectivity index (χ3v) is 4.44. The van der Waals surface area contributed by atoms with Crippen LogP contribution in [0.1, 0.15) is 31.4 Å². The predicted molar refractivity (Wildman–Crippen MR) is 72.9 cm³/mol. The molecule has 20 heavy (non-hydrogen) atoms. The van der Waals surface area contributed by atoms with E-state index in [0.29, 0.717) is 18.9 Å². The van der Waals surface area contributed by atoms with Crippen LogP contribution in [-0.4, -0.2) is 40.8 Å². The highest BCUT2D eigenvalue weighted by Crippen LogP contribution is 2.41. The molecule has 0 bridgehead atoms. The van der Waals surface area contributed by atoms with E-state index in [9.17, 15) is 15.0 Å². The lowest BCUT2D eigenvalue weighted by molar-refractivity contribution is -0.151. The van der Waals surface area contributed by atoms with Crippen LogP contribution in [0, 0.1) is 5.41 Å². The Morgan fingerprint density at radius 3 is 3.05 bits per heavy atom. The van der Waals surface area contributed by atoms with Gasteiger partial charge in [-0.1, -0.05) is 0 Å². The summed E-state index contributed by atoms with van der Waals surface area (Å²) >= 11 is 0. The zero-order valence-electron chi connectivity index (χ0n) is 11.5. The third-order valence-electron chi connectivity index (χ3n) is 4.44. The Morgan fingerprint density at radius 2 is 2.30 bits per heavy atom. The number of carboxylic acids is 1. The van der Waals surface area contributed by atoms with Crippen molar-refractivity contribution in [2.24, 2.45) is 5.41 Å². The molecule has 0 aromatic heterocycles. The number of hydrogen-bond acceptors (Lipinski definition) is 4. The molecule has 1 saturated heterocycles. The van der Waals surface area contributed by atoms with E-state index in [1.165, 1.54) is 0 Å². The standard InChI is InChI=1S/C15H19NO4/c1-15(14(18)19)5-2-6-16(9-15)12-8-20-13-7-10(17)3-4-11(12)13/h3-4,7,12,17H,2,5-6,8-9H2,1H3,(H,18,19). The average molecular weight is 277 g/mol. The molecule has 2 aliphatic rings. The number of piperidine rings is 1. The van der Waals surface area contributed by atoms with E-state index in [1.54, 1.807) is 12.1 Å². The number of likely N-dealkylation sites (tertiary alicyclic amines) is 1. The van der Waals surface area contributed by atoms with Crippen molar-refractivity contribution in [1.82, 2.24) is 4.90 Å². The van der Waals surface area contributed by atoms with Crippen molar-refractivity contribution in [1.29, 1.82) is 0 Å². The zero-order chi connectivity index (χ0) is 14.3. The number of fused-ring (bicyclic) bond motifs is 1. The van der Waals surface area contributed by atoms with Crippen molar-refractivity contribution >= 4 is 5.97 Å². The minimum atomic E-state index is -0.730. The number of benzene rings is 1. The first-order chi connectivity index (χ1) is 9.49. The Bertz CT molecular complexity index is 545. The first-order valence-electron chi connectivity index (χ1n) is 6.93. The van der Waals surface area contributed by atoms with Crippen molar-refractivity contribution in [3.8, 4) is 11.5 Å². The number of hydrogen-bond donors (Lipinski definition) is 2. The maximum atomic E-state index is 11.4. The highest BCUT2D eigenvalue weighted by molar-refractivity contribution is 5.74. The van der Waals surface area contributed by atoms with Crippen molar-refractivity contribution in [2.75, 3.05) is 19.7 Å². The number of aromatic hydroxyl groups is 1. The highest BCUT2D eigenvalue weighted by Gasteiger charge is 2.41. The minimum Gasteiger partial charge on any atom is -0.508 e. The molecule has 2 unspecified atom stereocenters. The fourth-order valence-corrected chi connectivity index (χ4v) is 3.20. The Hall–Kier alpha value is -1.75. The number of ether oxygens (including phenoxy) is 1. The number of phenolic OH excluding ortho intramolecular Hbond substituents is 1. The minimum absolute atomic E-state index is 0.0876. The van der Waals surface area contributed by atoms with E-state index in [1.807, 2.05) is 13.0 Å². The molecular formula is C15H19NO4. The van der Waals surface area contributed by atoms with Gasteiger partial charge in [0, 0.05) is 18.2 Å². The topological polar surface area (TPSA) is 70.0 Å². The van der Waals surface area contributed by atoms with Crippen LogP contribution in [0.3, 0.4) is 0 Å². The molecule has 3 rings (SSSR count). The van der Waals surface area contributed by atoms with Gasteiger partial charge in [-0.3, -0.25) is 9.69 Å². The molecule has 2 atom stereocenters. The quantitative estimate of drug-likeness (QED) is 0.865. The highest BCUT2D eigenvalue weighted by atomic mass is 16.5. The first kappa shape index (κ1) is 13.2. The predicted octanol–water partition coefficient (Wildman–Crippen LogP) is 2.01. The van der Waals surface area contributed by atoms with Gasteiger partial charge >= 0.3 is 5.97 Å². The molecule has 1 fully saturated rings. The molecule has 2 aliphatic heterocycles. The van der Waals surface area contributed by atoms with E-state index in [4.69, 9.17) is 4.74 Å². The number of rotatable bonds is 2. The van der Waals surface area contributed by atoms with Crippen LogP contribution in [0.5, 0.6) is 11.5 Å². The number of carboxylic acid groups (broad SMARTS) is 1. The summed E-state index contributed by atoms with van der Waals surface area (Å²) in [5.41, 5.74) is 0.357. The summed E-state index contributed by atoms with van der Waals surface area (Å²) in [6.45, 7) is 3.76. The van der Waals surface area contributed by atoms with Crippen molar-refractivity contribution in [3.63, 3.8) is 0 Å². The molecular weight excluding hydrogens is 258 g/mol. The van der Waals surface area contributed by atoms with E-state index < -0.39 is 11.4 Å². The van der Waals surface area contributed by atoms with Gasteiger partial charge in [-0.15, -0.1) is 0 Å². The smallest absolute Gasteiger partial charge is 0.310 e. The van der Waals surface area contributed by atoms with Crippen molar-refractivity contribution in [2.45, 2.75) is 25.8 Å². The second kappa shape index (κ2) is 4.66. The zero-order valence-corrected chi connectivity index (χ0v) is 11.5. The molecule has 1 aromatic carbocycles. The van der Waals surface area contributed by atoms with Crippen molar-refractivity contribution in [3.05, 3.63) is 23.8 Å². The SMILES string of the molecule is CC1(C(=O)O)CCCN(C2COc3cc(O)ccc32)C1. The normalized spacial score (nSPS) is 29.8.